The molecule has 1 N–H and O–H groups in total. The van der Waals surface area contributed by atoms with Gasteiger partial charge in [0.25, 0.3) is 0 Å². The fraction of sp³-hybridized carbons (Fsp3) is 0.435. The van der Waals surface area contributed by atoms with Crippen LogP contribution in [0.1, 0.15) is 5.56 Å². The number of anilines is 1. The van der Waals surface area contributed by atoms with Gasteiger partial charge in [0.1, 0.15) is 18.1 Å². The van der Waals surface area contributed by atoms with Gasteiger partial charge in [0.05, 0.1) is 13.7 Å². The SMILES string of the molecule is CN=C(NCc1ccc(OCCOC)cc1)N1CCN(c2ccc(OC)cc2)CC1. The number of ether oxygens (including phenoxy) is 3. The molecule has 1 heterocycles. The van der Waals surface area contributed by atoms with Crippen molar-refractivity contribution in [2.45, 2.75) is 6.54 Å². The molecular formula is C23H32N4O3. The minimum Gasteiger partial charge on any atom is -0.497 e. The Bertz CT molecular complexity index is 785. The van der Waals surface area contributed by atoms with Crippen LogP contribution in [-0.2, 0) is 11.3 Å². The van der Waals surface area contributed by atoms with Crippen molar-refractivity contribution in [2.24, 2.45) is 4.99 Å². The zero-order valence-electron chi connectivity index (χ0n) is 18.1. The Morgan fingerprint density at radius 2 is 1.57 bits per heavy atom. The number of methoxy groups -OCH3 is 2. The summed E-state index contributed by atoms with van der Waals surface area (Å²) in [5.41, 5.74) is 2.42. The summed E-state index contributed by atoms with van der Waals surface area (Å²) in [4.78, 5) is 9.17. The molecule has 0 radical (unpaired) electrons. The number of nitrogens with zero attached hydrogens (tertiary/aromatic N) is 3. The molecule has 0 saturated carbocycles. The van der Waals surface area contributed by atoms with E-state index in [0.717, 1.165) is 50.2 Å². The van der Waals surface area contributed by atoms with Gasteiger partial charge in [-0.05, 0) is 42.0 Å². The first-order chi connectivity index (χ1) is 14.7. The number of piperazine rings is 1. The van der Waals surface area contributed by atoms with Gasteiger partial charge in [-0.25, -0.2) is 0 Å². The number of aliphatic imine (C=N–C) groups is 1. The molecule has 0 unspecified atom stereocenters. The first kappa shape index (κ1) is 21.8. The summed E-state index contributed by atoms with van der Waals surface area (Å²) in [5, 5.41) is 3.48. The van der Waals surface area contributed by atoms with Crippen molar-refractivity contribution >= 4 is 11.6 Å². The lowest BCUT2D eigenvalue weighted by Gasteiger charge is -2.37. The summed E-state index contributed by atoms with van der Waals surface area (Å²) < 4.78 is 15.9. The molecule has 2 aromatic rings. The van der Waals surface area contributed by atoms with Gasteiger partial charge in [0.2, 0.25) is 0 Å². The van der Waals surface area contributed by atoms with Gasteiger partial charge >= 0.3 is 0 Å². The lowest BCUT2D eigenvalue weighted by Crippen LogP contribution is -2.52. The van der Waals surface area contributed by atoms with Gasteiger partial charge in [0.15, 0.2) is 5.96 Å². The standard InChI is InChI=1S/C23H32N4O3/c1-24-23(25-18-19-4-8-22(9-5-19)30-17-16-28-2)27-14-12-26(13-15-27)20-6-10-21(29-3)11-7-20/h4-11H,12-18H2,1-3H3,(H,24,25). The molecule has 30 heavy (non-hydrogen) atoms. The second-order valence-electron chi connectivity index (χ2n) is 7.06. The van der Waals surface area contributed by atoms with E-state index in [9.17, 15) is 0 Å². The quantitative estimate of drug-likeness (QED) is 0.409. The molecule has 0 aliphatic carbocycles. The first-order valence-electron chi connectivity index (χ1n) is 10.3. The van der Waals surface area contributed by atoms with E-state index in [1.54, 1.807) is 14.2 Å². The lowest BCUT2D eigenvalue weighted by molar-refractivity contribution is 0.146. The van der Waals surface area contributed by atoms with Crippen molar-refractivity contribution in [3.8, 4) is 11.5 Å². The van der Waals surface area contributed by atoms with Crippen molar-refractivity contribution in [1.82, 2.24) is 10.2 Å². The molecule has 0 atom stereocenters. The highest BCUT2D eigenvalue weighted by atomic mass is 16.5. The average molecular weight is 413 g/mol. The molecule has 3 rings (SSSR count). The number of nitrogens with one attached hydrogen (secondary N) is 1. The van der Waals surface area contributed by atoms with E-state index in [0.29, 0.717) is 13.2 Å². The third-order valence-electron chi connectivity index (χ3n) is 5.16. The number of rotatable bonds is 8. The summed E-state index contributed by atoms with van der Waals surface area (Å²) in [6.45, 7) is 5.65. The molecule has 1 aliphatic rings. The van der Waals surface area contributed by atoms with Crippen LogP contribution in [0.4, 0.5) is 5.69 Å². The Kier molecular flexibility index (Phi) is 8.20. The van der Waals surface area contributed by atoms with Crippen LogP contribution in [-0.4, -0.2) is 71.5 Å². The van der Waals surface area contributed by atoms with Crippen LogP contribution in [0.2, 0.25) is 0 Å². The van der Waals surface area contributed by atoms with Gasteiger partial charge < -0.3 is 29.3 Å². The van der Waals surface area contributed by atoms with Crippen molar-refractivity contribution in [3.63, 3.8) is 0 Å². The molecule has 0 aromatic heterocycles. The zero-order valence-corrected chi connectivity index (χ0v) is 18.1. The van der Waals surface area contributed by atoms with Crippen LogP contribution < -0.4 is 19.7 Å². The maximum atomic E-state index is 5.61. The smallest absolute Gasteiger partial charge is 0.194 e. The zero-order chi connectivity index (χ0) is 21.2. The molecule has 1 saturated heterocycles. The Morgan fingerprint density at radius 3 is 2.17 bits per heavy atom. The third kappa shape index (κ3) is 6.03. The van der Waals surface area contributed by atoms with E-state index in [1.165, 1.54) is 11.3 Å². The summed E-state index contributed by atoms with van der Waals surface area (Å²) in [7, 11) is 5.20. The lowest BCUT2D eigenvalue weighted by atomic mass is 10.2. The Morgan fingerprint density at radius 1 is 0.900 bits per heavy atom. The minimum atomic E-state index is 0.559. The van der Waals surface area contributed by atoms with E-state index in [2.05, 4.69) is 44.4 Å². The predicted octanol–water partition coefficient (Wildman–Crippen LogP) is 2.62. The van der Waals surface area contributed by atoms with Crippen LogP contribution in [0.25, 0.3) is 0 Å². The largest absolute Gasteiger partial charge is 0.497 e. The Labute approximate surface area is 179 Å². The molecule has 0 spiro atoms. The summed E-state index contributed by atoms with van der Waals surface area (Å²) in [6, 6.07) is 16.4. The minimum absolute atomic E-state index is 0.559. The number of hydrogen-bond donors (Lipinski definition) is 1. The second-order valence-corrected chi connectivity index (χ2v) is 7.06. The molecule has 0 amide bonds. The van der Waals surface area contributed by atoms with Gasteiger partial charge in [-0.15, -0.1) is 0 Å². The molecular weight excluding hydrogens is 380 g/mol. The molecule has 1 fully saturated rings. The maximum absolute atomic E-state index is 5.61. The first-order valence-corrected chi connectivity index (χ1v) is 10.3. The molecule has 1 aliphatic heterocycles. The van der Waals surface area contributed by atoms with Crippen molar-refractivity contribution in [2.75, 3.05) is 65.6 Å². The van der Waals surface area contributed by atoms with E-state index in [1.807, 2.05) is 31.3 Å². The molecule has 7 nitrogen and oxygen atoms in total. The van der Waals surface area contributed by atoms with Crippen molar-refractivity contribution < 1.29 is 14.2 Å². The highest BCUT2D eigenvalue weighted by molar-refractivity contribution is 5.80. The normalized spacial score (nSPS) is 14.6. The number of benzene rings is 2. The van der Waals surface area contributed by atoms with Gasteiger partial charge in [-0.2, -0.15) is 0 Å². The number of guanidine groups is 1. The van der Waals surface area contributed by atoms with E-state index in [4.69, 9.17) is 14.2 Å². The highest BCUT2D eigenvalue weighted by Crippen LogP contribution is 2.20. The van der Waals surface area contributed by atoms with Crippen LogP contribution >= 0.6 is 0 Å². The van der Waals surface area contributed by atoms with Crippen LogP contribution in [0.3, 0.4) is 0 Å². The average Bonchev–Trinajstić information content (AvgIpc) is 2.81. The summed E-state index contributed by atoms with van der Waals surface area (Å²) in [5.74, 6) is 2.68. The topological polar surface area (TPSA) is 58.6 Å². The summed E-state index contributed by atoms with van der Waals surface area (Å²) in [6.07, 6.45) is 0. The van der Waals surface area contributed by atoms with E-state index < -0.39 is 0 Å². The summed E-state index contributed by atoms with van der Waals surface area (Å²) >= 11 is 0. The molecule has 0 bridgehead atoms. The highest BCUT2D eigenvalue weighted by Gasteiger charge is 2.19. The molecule has 162 valence electrons. The van der Waals surface area contributed by atoms with Crippen molar-refractivity contribution in [3.05, 3.63) is 54.1 Å². The van der Waals surface area contributed by atoms with Gasteiger partial charge in [-0.1, -0.05) is 12.1 Å². The maximum Gasteiger partial charge on any atom is 0.194 e. The van der Waals surface area contributed by atoms with E-state index in [-0.39, 0.29) is 0 Å². The van der Waals surface area contributed by atoms with E-state index >= 15 is 0 Å². The van der Waals surface area contributed by atoms with Gasteiger partial charge in [0, 0.05) is 52.6 Å². The Balaban J connectivity index is 1.46. The predicted molar refractivity (Wildman–Crippen MR) is 121 cm³/mol. The van der Waals surface area contributed by atoms with Crippen LogP contribution in [0, 0.1) is 0 Å². The van der Waals surface area contributed by atoms with Gasteiger partial charge in [-0.3, -0.25) is 4.99 Å². The third-order valence-corrected chi connectivity index (χ3v) is 5.16. The van der Waals surface area contributed by atoms with Crippen LogP contribution in [0.5, 0.6) is 11.5 Å². The second kappa shape index (κ2) is 11.3. The fourth-order valence-corrected chi connectivity index (χ4v) is 3.43. The molecule has 7 heteroatoms. The molecule has 2 aromatic carbocycles. The monoisotopic (exact) mass is 412 g/mol. The fourth-order valence-electron chi connectivity index (χ4n) is 3.43. The van der Waals surface area contributed by atoms with Crippen molar-refractivity contribution in [1.29, 1.82) is 0 Å². The number of hydrogen-bond acceptors (Lipinski definition) is 5. The Hall–Kier alpha value is -2.93. The van der Waals surface area contributed by atoms with Crippen LogP contribution in [0.15, 0.2) is 53.5 Å².